The molecular formula is C20H19N5O2S. The Balaban J connectivity index is 1.82. The highest BCUT2D eigenvalue weighted by atomic mass is 32.2. The third-order valence-corrected chi connectivity index (χ3v) is 4.74. The number of nitrogens with zero attached hydrogens (tertiary/aromatic N) is 5. The predicted octanol–water partition coefficient (Wildman–Crippen LogP) is 4.38. The highest BCUT2D eigenvalue weighted by Gasteiger charge is 2.19. The molecule has 0 unspecified atom stereocenters. The SMILES string of the molecule is CCOSOc1cc(-c2ccccn2)cnc1-c1nc2cc(C)cnc2n1C. The zero-order chi connectivity index (χ0) is 19.5. The van der Waals surface area contributed by atoms with Crippen LogP contribution in [0.5, 0.6) is 5.75 Å². The number of fused-ring (bicyclic) bond motifs is 1. The number of hydrogen-bond donors (Lipinski definition) is 0. The number of pyridine rings is 3. The summed E-state index contributed by atoms with van der Waals surface area (Å²) in [5.41, 5.74) is 4.94. The van der Waals surface area contributed by atoms with Crippen LogP contribution in [0.1, 0.15) is 12.5 Å². The van der Waals surface area contributed by atoms with E-state index in [0.29, 0.717) is 23.9 Å². The van der Waals surface area contributed by atoms with Crippen LogP contribution in [0.25, 0.3) is 33.9 Å². The Labute approximate surface area is 167 Å². The van der Waals surface area contributed by atoms with Crippen molar-refractivity contribution in [2.45, 2.75) is 13.8 Å². The Hall–Kier alpha value is -2.97. The molecule has 0 spiro atoms. The van der Waals surface area contributed by atoms with Gasteiger partial charge in [-0.2, -0.15) is 0 Å². The second-order valence-electron chi connectivity index (χ2n) is 6.19. The maximum Gasteiger partial charge on any atom is 0.225 e. The minimum Gasteiger partial charge on any atom is -0.398 e. The number of imidazole rings is 1. The molecule has 4 rings (SSSR count). The van der Waals surface area contributed by atoms with Crippen molar-refractivity contribution in [1.29, 1.82) is 0 Å². The minimum absolute atomic E-state index is 0.531. The highest BCUT2D eigenvalue weighted by Crippen LogP contribution is 2.34. The summed E-state index contributed by atoms with van der Waals surface area (Å²) in [5.74, 6) is 1.23. The number of aryl methyl sites for hydroxylation is 2. The van der Waals surface area contributed by atoms with Gasteiger partial charge in [0.05, 0.1) is 12.3 Å². The standard InChI is InChI=1S/C20H19N5O2S/c1-4-26-28-27-17-10-14(15-7-5-6-8-21-15)12-22-18(17)20-24-16-9-13(2)11-23-19(16)25(20)3/h5-12H,4H2,1-3H3. The van der Waals surface area contributed by atoms with Crippen molar-refractivity contribution in [3.8, 4) is 28.5 Å². The van der Waals surface area contributed by atoms with E-state index < -0.39 is 0 Å². The lowest BCUT2D eigenvalue weighted by molar-refractivity contribution is 0.369. The van der Waals surface area contributed by atoms with Crippen LogP contribution in [-0.2, 0) is 11.2 Å². The largest absolute Gasteiger partial charge is 0.398 e. The molecule has 28 heavy (non-hydrogen) atoms. The van der Waals surface area contributed by atoms with E-state index >= 15 is 0 Å². The summed E-state index contributed by atoms with van der Waals surface area (Å²) in [4.78, 5) is 18.2. The topological polar surface area (TPSA) is 75.0 Å². The molecule has 0 saturated carbocycles. The molecule has 142 valence electrons. The molecule has 0 bridgehead atoms. The lowest BCUT2D eigenvalue weighted by Gasteiger charge is -2.10. The molecule has 0 aliphatic rings. The minimum atomic E-state index is 0.531. The van der Waals surface area contributed by atoms with Crippen LogP contribution in [0.15, 0.2) is 48.9 Å². The Kier molecular flexibility index (Phi) is 5.23. The molecule has 0 aliphatic heterocycles. The van der Waals surface area contributed by atoms with Crippen LogP contribution < -0.4 is 4.18 Å². The maximum absolute atomic E-state index is 5.80. The van der Waals surface area contributed by atoms with Crippen molar-refractivity contribution in [1.82, 2.24) is 24.5 Å². The third kappa shape index (κ3) is 3.56. The van der Waals surface area contributed by atoms with E-state index in [1.54, 1.807) is 12.4 Å². The molecule has 0 fully saturated rings. The van der Waals surface area contributed by atoms with Crippen molar-refractivity contribution < 1.29 is 8.37 Å². The van der Waals surface area contributed by atoms with Gasteiger partial charge in [-0.15, -0.1) is 0 Å². The van der Waals surface area contributed by atoms with Crippen molar-refractivity contribution >= 4 is 23.5 Å². The van der Waals surface area contributed by atoms with Crippen LogP contribution in [0.3, 0.4) is 0 Å². The average molecular weight is 393 g/mol. The first kappa shape index (κ1) is 18.4. The zero-order valence-corrected chi connectivity index (χ0v) is 16.6. The van der Waals surface area contributed by atoms with Gasteiger partial charge in [0.25, 0.3) is 0 Å². The van der Waals surface area contributed by atoms with Crippen LogP contribution in [0.4, 0.5) is 0 Å². The fourth-order valence-corrected chi connectivity index (χ4v) is 3.19. The second kappa shape index (κ2) is 7.95. The monoisotopic (exact) mass is 393 g/mol. The summed E-state index contributed by atoms with van der Waals surface area (Å²) < 4.78 is 13.0. The zero-order valence-electron chi connectivity index (χ0n) is 15.8. The molecule has 4 aromatic rings. The van der Waals surface area contributed by atoms with Crippen LogP contribution in [0, 0.1) is 6.92 Å². The van der Waals surface area contributed by atoms with Gasteiger partial charge in [-0.3, -0.25) is 9.17 Å². The average Bonchev–Trinajstić information content (AvgIpc) is 3.04. The Morgan fingerprint density at radius 3 is 2.79 bits per heavy atom. The molecule has 7 nitrogen and oxygen atoms in total. The lowest BCUT2D eigenvalue weighted by Crippen LogP contribution is -1.99. The molecule has 0 radical (unpaired) electrons. The van der Waals surface area contributed by atoms with Gasteiger partial charge < -0.3 is 8.75 Å². The van der Waals surface area contributed by atoms with Crippen LogP contribution in [0.2, 0.25) is 0 Å². The van der Waals surface area contributed by atoms with E-state index in [4.69, 9.17) is 13.4 Å². The Morgan fingerprint density at radius 2 is 2.00 bits per heavy atom. The summed E-state index contributed by atoms with van der Waals surface area (Å²) in [6.07, 6.45) is 5.35. The van der Waals surface area contributed by atoms with Gasteiger partial charge in [0.2, 0.25) is 12.3 Å². The van der Waals surface area contributed by atoms with E-state index in [9.17, 15) is 0 Å². The van der Waals surface area contributed by atoms with Crippen molar-refractivity contribution in [2.24, 2.45) is 7.05 Å². The van der Waals surface area contributed by atoms with Gasteiger partial charge in [-0.05, 0) is 43.7 Å². The molecular weight excluding hydrogens is 374 g/mol. The first-order valence-corrected chi connectivity index (χ1v) is 9.51. The fourth-order valence-electron chi connectivity index (χ4n) is 2.85. The third-order valence-electron chi connectivity index (χ3n) is 4.16. The predicted molar refractivity (Wildman–Crippen MR) is 110 cm³/mol. The molecule has 0 aliphatic carbocycles. The first-order valence-electron chi connectivity index (χ1n) is 8.84. The molecule has 4 aromatic heterocycles. The maximum atomic E-state index is 5.80. The number of hydrogen-bond acceptors (Lipinski definition) is 7. The van der Waals surface area contributed by atoms with E-state index in [1.165, 1.54) is 0 Å². The molecule has 0 saturated heterocycles. The highest BCUT2D eigenvalue weighted by molar-refractivity contribution is 7.90. The Bertz CT molecular complexity index is 1110. The van der Waals surface area contributed by atoms with Gasteiger partial charge in [0.1, 0.15) is 11.2 Å². The quantitative estimate of drug-likeness (QED) is 0.355. The first-order chi connectivity index (χ1) is 13.7. The fraction of sp³-hybridized carbons (Fsp3) is 0.200. The van der Waals surface area contributed by atoms with Crippen LogP contribution in [-0.4, -0.2) is 31.1 Å². The summed E-state index contributed by atoms with van der Waals surface area (Å²) in [5, 5.41) is 0. The molecule has 0 aromatic carbocycles. The van der Waals surface area contributed by atoms with E-state index in [1.807, 2.05) is 62.0 Å². The molecule has 0 atom stereocenters. The molecule has 0 N–H and O–H groups in total. The van der Waals surface area contributed by atoms with E-state index in [0.717, 1.165) is 40.3 Å². The lowest BCUT2D eigenvalue weighted by atomic mass is 10.1. The van der Waals surface area contributed by atoms with Gasteiger partial charge in [0, 0.05) is 31.2 Å². The van der Waals surface area contributed by atoms with Crippen LogP contribution >= 0.6 is 12.3 Å². The van der Waals surface area contributed by atoms with E-state index in [2.05, 4.69) is 15.0 Å². The van der Waals surface area contributed by atoms with Crippen molar-refractivity contribution in [3.05, 3.63) is 54.5 Å². The number of rotatable bonds is 6. The number of aromatic nitrogens is 5. The normalized spacial score (nSPS) is 11.1. The van der Waals surface area contributed by atoms with Crippen molar-refractivity contribution in [2.75, 3.05) is 6.61 Å². The summed E-state index contributed by atoms with van der Waals surface area (Å²) in [6.45, 7) is 4.43. The summed E-state index contributed by atoms with van der Waals surface area (Å²) >= 11 is 0.921. The van der Waals surface area contributed by atoms with Gasteiger partial charge in [-0.1, -0.05) is 6.07 Å². The van der Waals surface area contributed by atoms with Gasteiger partial charge in [0.15, 0.2) is 17.2 Å². The van der Waals surface area contributed by atoms with Crippen molar-refractivity contribution in [3.63, 3.8) is 0 Å². The molecule has 4 heterocycles. The van der Waals surface area contributed by atoms with E-state index in [-0.39, 0.29) is 0 Å². The molecule has 0 amide bonds. The summed E-state index contributed by atoms with van der Waals surface area (Å²) in [7, 11) is 1.92. The Morgan fingerprint density at radius 1 is 1.11 bits per heavy atom. The second-order valence-corrected chi connectivity index (χ2v) is 6.73. The van der Waals surface area contributed by atoms with Gasteiger partial charge >= 0.3 is 0 Å². The van der Waals surface area contributed by atoms with Gasteiger partial charge in [-0.25, -0.2) is 15.0 Å². The summed E-state index contributed by atoms with van der Waals surface area (Å²) in [6, 6.07) is 9.64. The smallest absolute Gasteiger partial charge is 0.225 e. The molecule has 8 heteroatoms.